The highest BCUT2D eigenvalue weighted by Crippen LogP contribution is 2.54. The molecule has 8 heteroatoms. The molecule has 178 valence electrons. The number of nitrogens with zero attached hydrogens (tertiary/aromatic N) is 1. The van der Waals surface area contributed by atoms with Crippen LogP contribution < -0.4 is 15.5 Å². The van der Waals surface area contributed by atoms with Crippen molar-refractivity contribution in [3.8, 4) is 0 Å². The molecule has 4 atom stereocenters. The van der Waals surface area contributed by atoms with Crippen molar-refractivity contribution in [3.05, 3.63) is 95.9 Å². The van der Waals surface area contributed by atoms with Crippen molar-refractivity contribution in [3.63, 3.8) is 0 Å². The Morgan fingerprint density at radius 2 is 1.64 bits per heavy atom. The van der Waals surface area contributed by atoms with Crippen molar-refractivity contribution in [1.29, 1.82) is 0 Å². The molecule has 0 bridgehead atoms. The van der Waals surface area contributed by atoms with Crippen molar-refractivity contribution in [2.24, 2.45) is 11.8 Å². The molecule has 3 amide bonds. The van der Waals surface area contributed by atoms with Gasteiger partial charge in [-0.1, -0.05) is 48.5 Å². The van der Waals surface area contributed by atoms with Crippen LogP contribution in [0.3, 0.4) is 0 Å². The molecule has 2 fully saturated rings. The van der Waals surface area contributed by atoms with Crippen molar-refractivity contribution in [2.75, 3.05) is 10.2 Å². The number of rotatable bonds is 3. The zero-order valence-corrected chi connectivity index (χ0v) is 19.0. The van der Waals surface area contributed by atoms with Gasteiger partial charge < -0.3 is 10.3 Å². The van der Waals surface area contributed by atoms with Gasteiger partial charge in [-0.3, -0.25) is 19.7 Å². The third kappa shape index (κ3) is 2.62. The first kappa shape index (κ1) is 21.0. The van der Waals surface area contributed by atoms with Gasteiger partial charge in [-0.15, -0.1) is 0 Å². The number of anilines is 2. The van der Waals surface area contributed by atoms with E-state index in [-0.39, 0.29) is 11.6 Å². The summed E-state index contributed by atoms with van der Waals surface area (Å²) in [6.45, 7) is 0. The normalized spacial score (nSPS) is 26.6. The van der Waals surface area contributed by atoms with Crippen molar-refractivity contribution >= 4 is 40.0 Å². The van der Waals surface area contributed by atoms with Gasteiger partial charge in [0.05, 0.1) is 17.5 Å². The fraction of sp³-hybridized carbons (Fsp3) is 0.179. The van der Waals surface area contributed by atoms with E-state index in [1.54, 1.807) is 30.3 Å². The molecular formula is C28H21FN4O3. The lowest BCUT2D eigenvalue weighted by Gasteiger charge is -2.29. The summed E-state index contributed by atoms with van der Waals surface area (Å²) in [6, 6.07) is 20.2. The Kier molecular flexibility index (Phi) is 4.29. The number of hydrogen-bond acceptors (Lipinski definition) is 4. The predicted molar refractivity (Wildman–Crippen MR) is 132 cm³/mol. The first-order valence-electron chi connectivity index (χ1n) is 11.9. The Bertz CT molecular complexity index is 1600. The lowest BCUT2D eigenvalue weighted by atomic mass is 9.76. The van der Waals surface area contributed by atoms with Gasteiger partial charge in [-0.25, -0.2) is 9.29 Å². The van der Waals surface area contributed by atoms with Crippen LogP contribution in [0.4, 0.5) is 15.8 Å². The maximum Gasteiger partial charge on any atom is 0.250 e. The molecule has 0 unspecified atom stereocenters. The maximum atomic E-state index is 14.8. The minimum absolute atomic E-state index is 0.0883. The number of aromatic nitrogens is 1. The first-order chi connectivity index (χ1) is 17.5. The zero-order chi connectivity index (χ0) is 24.6. The Morgan fingerprint density at radius 1 is 0.889 bits per heavy atom. The van der Waals surface area contributed by atoms with Crippen LogP contribution in [0.1, 0.15) is 11.1 Å². The number of benzene rings is 3. The SMILES string of the molecule is O=C1[C@@H]2[C@H](Cc3c[nH]c4ccccc34)N[C@@]3(C(=O)Nc4ccccc43)[C@@H]2C(=O)N1c1ccccc1F. The summed E-state index contributed by atoms with van der Waals surface area (Å²) < 4.78 is 14.8. The number of amides is 3. The minimum atomic E-state index is -1.43. The van der Waals surface area contributed by atoms with E-state index in [2.05, 4.69) is 15.6 Å². The highest BCUT2D eigenvalue weighted by molar-refractivity contribution is 6.25. The molecule has 0 aliphatic carbocycles. The number of carbonyl (C=O) groups excluding carboxylic acids is 3. The van der Waals surface area contributed by atoms with E-state index in [0.29, 0.717) is 17.7 Å². The largest absolute Gasteiger partial charge is 0.361 e. The van der Waals surface area contributed by atoms with E-state index in [0.717, 1.165) is 21.4 Å². The number of carbonyl (C=O) groups is 3. The number of H-pyrrole nitrogens is 1. The molecule has 1 spiro atoms. The van der Waals surface area contributed by atoms with Gasteiger partial charge >= 0.3 is 0 Å². The van der Waals surface area contributed by atoms with Crippen LogP contribution in [0.5, 0.6) is 0 Å². The quantitative estimate of drug-likeness (QED) is 0.392. The average Bonchev–Trinajstić information content (AvgIpc) is 3.59. The molecule has 4 aromatic rings. The molecule has 2 saturated heterocycles. The Hall–Kier alpha value is -4.30. The van der Waals surface area contributed by atoms with E-state index in [1.807, 2.05) is 30.5 Å². The van der Waals surface area contributed by atoms with Crippen LogP contribution >= 0.6 is 0 Å². The Morgan fingerprint density at radius 3 is 2.50 bits per heavy atom. The van der Waals surface area contributed by atoms with Gasteiger partial charge in [-0.05, 0) is 36.2 Å². The molecule has 36 heavy (non-hydrogen) atoms. The molecule has 3 aromatic carbocycles. The molecule has 4 heterocycles. The topological polar surface area (TPSA) is 94.3 Å². The molecule has 3 aliphatic heterocycles. The number of imide groups is 1. The number of aromatic amines is 1. The van der Waals surface area contributed by atoms with Gasteiger partial charge in [0.25, 0.3) is 0 Å². The Labute approximate surface area is 205 Å². The molecule has 0 radical (unpaired) electrons. The molecule has 0 saturated carbocycles. The predicted octanol–water partition coefficient (Wildman–Crippen LogP) is 3.47. The molecule has 3 N–H and O–H groups in total. The summed E-state index contributed by atoms with van der Waals surface area (Å²) in [6.07, 6.45) is 2.30. The van der Waals surface area contributed by atoms with E-state index in [1.165, 1.54) is 18.2 Å². The second-order valence-corrected chi connectivity index (χ2v) is 9.59. The van der Waals surface area contributed by atoms with E-state index in [4.69, 9.17) is 0 Å². The van der Waals surface area contributed by atoms with Crippen LogP contribution in [0.15, 0.2) is 79.0 Å². The number of para-hydroxylation sites is 3. The van der Waals surface area contributed by atoms with Gasteiger partial charge in [0.1, 0.15) is 11.4 Å². The number of hydrogen-bond donors (Lipinski definition) is 3. The smallest absolute Gasteiger partial charge is 0.250 e. The van der Waals surface area contributed by atoms with Crippen molar-refractivity contribution in [1.82, 2.24) is 10.3 Å². The molecule has 7 nitrogen and oxygen atoms in total. The van der Waals surface area contributed by atoms with Crippen molar-refractivity contribution < 1.29 is 18.8 Å². The van der Waals surface area contributed by atoms with E-state index >= 15 is 0 Å². The summed E-state index contributed by atoms with van der Waals surface area (Å²) >= 11 is 0. The van der Waals surface area contributed by atoms with E-state index < -0.39 is 41.0 Å². The fourth-order valence-corrected chi connectivity index (χ4v) is 6.34. The first-order valence-corrected chi connectivity index (χ1v) is 11.9. The molecule has 1 aromatic heterocycles. The standard InChI is InChI=1S/C28H21FN4O3/c29-18-9-3-6-12-22(18)33-25(34)23-21(13-15-14-30-19-10-4-1-7-16(15)19)32-28(24(23)26(33)35)17-8-2-5-11-20(17)31-27(28)36/h1-12,14,21,23-24,30,32H,13H2,(H,31,36)/t21-,23+,24-,28+/m0/s1. The number of nitrogens with one attached hydrogen (secondary N) is 3. The third-order valence-corrected chi connectivity index (χ3v) is 7.83. The monoisotopic (exact) mass is 480 g/mol. The van der Waals surface area contributed by atoms with Crippen LogP contribution in [0, 0.1) is 17.7 Å². The van der Waals surface area contributed by atoms with Crippen LogP contribution in [-0.4, -0.2) is 28.7 Å². The van der Waals surface area contributed by atoms with Crippen LogP contribution in [0.2, 0.25) is 0 Å². The van der Waals surface area contributed by atoms with Gasteiger partial charge in [-0.2, -0.15) is 0 Å². The van der Waals surface area contributed by atoms with Gasteiger partial charge in [0.15, 0.2) is 0 Å². The zero-order valence-electron chi connectivity index (χ0n) is 19.0. The summed E-state index contributed by atoms with van der Waals surface area (Å²) in [5, 5.41) is 7.34. The average molecular weight is 480 g/mol. The summed E-state index contributed by atoms with van der Waals surface area (Å²) in [5.41, 5.74) is 1.64. The Balaban J connectivity index is 1.39. The van der Waals surface area contributed by atoms with Crippen LogP contribution in [-0.2, 0) is 26.3 Å². The molecular weight excluding hydrogens is 459 g/mol. The van der Waals surface area contributed by atoms with Crippen molar-refractivity contribution in [2.45, 2.75) is 18.0 Å². The fourth-order valence-electron chi connectivity index (χ4n) is 6.34. The second kappa shape index (κ2) is 7.35. The summed E-state index contributed by atoms with van der Waals surface area (Å²) in [7, 11) is 0. The second-order valence-electron chi connectivity index (χ2n) is 9.59. The third-order valence-electron chi connectivity index (χ3n) is 7.83. The molecule has 3 aliphatic rings. The van der Waals surface area contributed by atoms with Crippen LogP contribution in [0.25, 0.3) is 10.9 Å². The lowest BCUT2D eigenvalue weighted by molar-refractivity contribution is -0.130. The highest BCUT2D eigenvalue weighted by atomic mass is 19.1. The summed E-state index contributed by atoms with van der Waals surface area (Å²) in [5.74, 6) is -3.97. The minimum Gasteiger partial charge on any atom is -0.361 e. The highest BCUT2D eigenvalue weighted by Gasteiger charge is 2.70. The summed E-state index contributed by atoms with van der Waals surface area (Å²) in [4.78, 5) is 45.6. The lowest BCUT2D eigenvalue weighted by Crippen LogP contribution is -2.53. The number of fused-ring (bicyclic) bond motifs is 5. The number of halogens is 1. The van der Waals surface area contributed by atoms with Gasteiger partial charge in [0, 0.05) is 34.4 Å². The molecule has 7 rings (SSSR count). The van der Waals surface area contributed by atoms with E-state index in [9.17, 15) is 18.8 Å². The van der Waals surface area contributed by atoms with Gasteiger partial charge in [0.2, 0.25) is 17.7 Å². The maximum absolute atomic E-state index is 14.8.